The molecular weight excluding hydrogens is 238 g/mol. The first kappa shape index (κ1) is 13.6. The molecule has 0 saturated carbocycles. The van der Waals surface area contributed by atoms with Gasteiger partial charge in [0.2, 0.25) is 0 Å². The van der Waals surface area contributed by atoms with E-state index in [-0.39, 0.29) is 5.54 Å². The number of pyridine rings is 1. The van der Waals surface area contributed by atoms with Gasteiger partial charge in [-0.15, -0.1) is 0 Å². The van der Waals surface area contributed by atoms with Crippen molar-refractivity contribution in [3.05, 3.63) is 30.5 Å². The SMILES string of the molecule is CN(C)C(C)(C)COc1ccnc2cc(N)ccc12. The van der Waals surface area contributed by atoms with Crippen LogP contribution in [0.5, 0.6) is 5.75 Å². The van der Waals surface area contributed by atoms with E-state index in [9.17, 15) is 0 Å². The normalized spacial score (nSPS) is 12.1. The van der Waals surface area contributed by atoms with Crippen LogP contribution in [0.2, 0.25) is 0 Å². The van der Waals surface area contributed by atoms with Crippen molar-refractivity contribution in [2.24, 2.45) is 0 Å². The van der Waals surface area contributed by atoms with Crippen LogP contribution in [0, 0.1) is 0 Å². The van der Waals surface area contributed by atoms with Crippen molar-refractivity contribution < 1.29 is 4.74 Å². The van der Waals surface area contributed by atoms with Gasteiger partial charge in [-0.05, 0) is 52.2 Å². The highest BCUT2D eigenvalue weighted by molar-refractivity contribution is 5.87. The number of nitrogens with two attached hydrogens (primary N) is 1. The van der Waals surface area contributed by atoms with Gasteiger partial charge in [-0.1, -0.05) is 0 Å². The Balaban J connectivity index is 2.26. The standard InChI is InChI=1S/C15H21N3O/c1-15(2,18(3)4)10-19-14-7-8-17-13-9-11(16)5-6-12(13)14/h5-9H,10,16H2,1-4H3. The fourth-order valence-electron chi connectivity index (χ4n) is 1.65. The number of benzene rings is 1. The van der Waals surface area contributed by atoms with Crippen molar-refractivity contribution in [3.8, 4) is 5.75 Å². The number of nitrogen functional groups attached to an aromatic ring is 1. The Morgan fingerprint density at radius 2 is 2.00 bits per heavy atom. The second-order valence-electron chi connectivity index (χ2n) is 5.58. The summed E-state index contributed by atoms with van der Waals surface area (Å²) in [6, 6.07) is 7.58. The van der Waals surface area contributed by atoms with Crippen LogP contribution in [0.3, 0.4) is 0 Å². The monoisotopic (exact) mass is 259 g/mol. The third-order valence-electron chi connectivity index (χ3n) is 3.52. The lowest BCUT2D eigenvalue weighted by molar-refractivity contribution is 0.115. The number of rotatable bonds is 4. The Morgan fingerprint density at radius 3 is 2.68 bits per heavy atom. The van der Waals surface area contributed by atoms with Gasteiger partial charge in [-0.25, -0.2) is 0 Å². The van der Waals surface area contributed by atoms with Crippen molar-refractivity contribution in [1.82, 2.24) is 9.88 Å². The molecule has 2 N–H and O–H groups in total. The number of hydrogen-bond donors (Lipinski definition) is 1. The van der Waals surface area contributed by atoms with Crippen LogP contribution in [0.4, 0.5) is 5.69 Å². The molecule has 1 heterocycles. The summed E-state index contributed by atoms with van der Waals surface area (Å²) in [5.41, 5.74) is 7.32. The zero-order valence-electron chi connectivity index (χ0n) is 12.0. The van der Waals surface area contributed by atoms with Gasteiger partial charge in [0.25, 0.3) is 0 Å². The number of fused-ring (bicyclic) bond motifs is 1. The minimum absolute atomic E-state index is 0.0244. The van der Waals surface area contributed by atoms with Gasteiger partial charge in [-0.3, -0.25) is 4.98 Å². The van der Waals surface area contributed by atoms with Crippen molar-refractivity contribution in [3.63, 3.8) is 0 Å². The summed E-state index contributed by atoms with van der Waals surface area (Å²) in [6.07, 6.45) is 1.75. The average Bonchev–Trinajstić information content (AvgIpc) is 2.35. The summed E-state index contributed by atoms with van der Waals surface area (Å²) in [5.74, 6) is 0.847. The van der Waals surface area contributed by atoms with Crippen LogP contribution in [0.25, 0.3) is 10.9 Å². The van der Waals surface area contributed by atoms with E-state index in [0.717, 1.165) is 16.7 Å². The maximum Gasteiger partial charge on any atom is 0.130 e. The van der Waals surface area contributed by atoms with Crippen LogP contribution < -0.4 is 10.5 Å². The Hall–Kier alpha value is -1.81. The molecule has 4 nitrogen and oxygen atoms in total. The maximum atomic E-state index is 5.96. The molecule has 1 aromatic heterocycles. The summed E-state index contributed by atoms with van der Waals surface area (Å²) in [6.45, 7) is 4.91. The molecule has 0 fully saturated rings. The molecule has 0 atom stereocenters. The predicted octanol–water partition coefficient (Wildman–Crippen LogP) is 2.54. The molecule has 102 valence electrons. The predicted molar refractivity (Wildman–Crippen MR) is 79.4 cm³/mol. The first-order valence-electron chi connectivity index (χ1n) is 6.34. The quantitative estimate of drug-likeness (QED) is 0.857. The van der Waals surface area contributed by atoms with Crippen LogP contribution in [-0.4, -0.2) is 36.1 Å². The van der Waals surface area contributed by atoms with Gasteiger partial charge in [0.15, 0.2) is 0 Å². The van der Waals surface area contributed by atoms with Crippen molar-refractivity contribution in [1.29, 1.82) is 0 Å². The van der Waals surface area contributed by atoms with E-state index in [4.69, 9.17) is 10.5 Å². The zero-order chi connectivity index (χ0) is 14.0. The highest BCUT2D eigenvalue weighted by Gasteiger charge is 2.21. The molecule has 0 saturated heterocycles. The smallest absolute Gasteiger partial charge is 0.130 e. The maximum absolute atomic E-state index is 5.96. The Kier molecular flexibility index (Phi) is 3.62. The van der Waals surface area contributed by atoms with E-state index >= 15 is 0 Å². The number of hydrogen-bond acceptors (Lipinski definition) is 4. The highest BCUT2D eigenvalue weighted by Crippen LogP contribution is 2.26. The van der Waals surface area contributed by atoms with E-state index in [1.165, 1.54) is 0 Å². The number of nitrogens with zero attached hydrogens (tertiary/aromatic N) is 2. The molecule has 0 spiro atoms. The first-order valence-corrected chi connectivity index (χ1v) is 6.34. The molecule has 1 aromatic carbocycles. The molecule has 0 aliphatic rings. The van der Waals surface area contributed by atoms with Gasteiger partial charge in [0, 0.05) is 22.8 Å². The topological polar surface area (TPSA) is 51.4 Å². The molecule has 2 aromatic rings. The Morgan fingerprint density at radius 1 is 1.26 bits per heavy atom. The lowest BCUT2D eigenvalue weighted by Gasteiger charge is -2.32. The largest absolute Gasteiger partial charge is 0.491 e. The molecule has 19 heavy (non-hydrogen) atoms. The number of anilines is 1. The van der Waals surface area contributed by atoms with Crippen LogP contribution in [0.15, 0.2) is 30.5 Å². The molecule has 4 heteroatoms. The molecule has 0 radical (unpaired) electrons. The van der Waals surface area contributed by atoms with E-state index in [1.807, 2.05) is 24.3 Å². The summed E-state index contributed by atoms with van der Waals surface area (Å²) in [5, 5.41) is 0.992. The molecule has 0 aliphatic carbocycles. The van der Waals surface area contributed by atoms with E-state index < -0.39 is 0 Å². The molecule has 0 aliphatic heterocycles. The van der Waals surface area contributed by atoms with Gasteiger partial charge in [0.05, 0.1) is 5.52 Å². The summed E-state index contributed by atoms with van der Waals surface area (Å²) in [7, 11) is 4.10. The molecule has 0 amide bonds. The molecule has 0 unspecified atom stereocenters. The van der Waals surface area contributed by atoms with Crippen LogP contribution in [-0.2, 0) is 0 Å². The number of aromatic nitrogens is 1. The van der Waals surface area contributed by atoms with Crippen molar-refractivity contribution >= 4 is 16.6 Å². The van der Waals surface area contributed by atoms with Gasteiger partial charge in [-0.2, -0.15) is 0 Å². The van der Waals surface area contributed by atoms with E-state index in [2.05, 4.69) is 37.8 Å². The lowest BCUT2D eigenvalue weighted by atomic mass is 10.1. The van der Waals surface area contributed by atoms with Gasteiger partial charge >= 0.3 is 0 Å². The van der Waals surface area contributed by atoms with E-state index in [0.29, 0.717) is 12.3 Å². The first-order chi connectivity index (χ1) is 8.90. The average molecular weight is 259 g/mol. The molecule has 2 rings (SSSR count). The van der Waals surface area contributed by atoms with Crippen molar-refractivity contribution in [2.45, 2.75) is 19.4 Å². The van der Waals surface area contributed by atoms with Gasteiger partial charge < -0.3 is 15.4 Å². The van der Waals surface area contributed by atoms with Crippen LogP contribution in [0.1, 0.15) is 13.8 Å². The van der Waals surface area contributed by atoms with Crippen molar-refractivity contribution in [2.75, 3.05) is 26.4 Å². The summed E-state index contributed by atoms with van der Waals surface area (Å²) >= 11 is 0. The van der Waals surface area contributed by atoms with E-state index in [1.54, 1.807) is 6.20 Å². The number of likely N-dealkylation sites (N-methyl/N-ethyl adjacent to an activating group) is 1. The fourth-order valence-corrected chi connectivity index (χ4v) is 1.65. The fraction of sp³-hybridized carbons (Fsp3) is 0.400. The number of ether oxygens (including phenoxy) is 1. The second-order valence-corrected chi connectivity index (χ2v) is 5.58. The molecular formula is C15H21N3O. The second kappa shape index (κ2) is 5.05. The minimum atomic E-state index is -0.0244. The summed E-state index contributed by atoms with van der Waals surface area (Å²) < 4.78 is 5.96. The van der Waals surface area contributed by atoms with Crippen LogP contribution >= 0.6 is 0 Å². The zero-order valence-corrected chi connectivity index (χ0v) is 12.0. The minimum Gasteiger partial charge on any atom is -0.491 e. The van der Waals surface area contributed by atoms with Gasteiger partial charge in [0.1, 0.15) is 12.4 Å². The lowest BCUT2D eigenvalue weighted by Crippen LogP contribution is -2.43. The Labute approximate surface area is 114 Å². The highest BCUT2D eigenvalue weighted by atomic mass is 16.5. The third kappa shape index (κ3) is 2.96. The summed E-state index contributed by atoms with van der Waals surface area (Å²) in [4.78, 5) is 6.46. The third-order valence-corrected chi connectivity index (χ3v) is 3.52. The Bertz CT molecular complexity index is 579. The molecule has 0 bridgehead atoms.